The maximum Gasteiger partial charge on any atom is 0.126 e. The second-order valence-corrected chi connectivity index (χ2v) is 5.74. The topological polar surface area (TPSA) is 52.9 Å². The van der Waals surface area contributed by atoms with Crippen molar-refractivity contribution in [2.45, 2.75) is 37.5 Å². The molecule has 2 N–H and O–H groups in total. The quantitative estimate of drug-likeness (QED) is 0.872. The highest BCUT2D eigenvalue weighted by Crippen LogP contribution is 2.27. The minimum atomic E-state index is -0.545. The molecular formula is C15H22ClNO3. The Balaban J connectivity index is 1.99. The molecule has 0 amide bonds. The number of likely N-dealkylation sites (N-methyl/N-ethyl adjacent to an activating group) is 1. The molecule has 20 heavy (non-hydrogen) atoms. The van der Waals surface area contributed by atoms with Gasteiger partial charge in [-0.25, -0.2) is 0 Å². The molecule has 112 valence electrons. The van der Waals surface area contributed by atoms with Crippen LogP contribution in [-0.2, 0) is 0 Å². The fourth-order valence-corrected chi connectivity index (χ4v) is 2.86. The minimum absolute atomic E-state index is 0.0354. The second kappa shape index (κ2) is 7.27. The van der Waals surface area contributed by atoms with Gasteiger partial charge in [-0.15, -0.1) is 0 Å². The van der Waals surface area contributed by atoms with Crippen molar-refractivity contribution >= 4 is 11.6 Å². The lowest BCUT2D eigenvalue weighted by atomic mass is 9.89. The van der Waals surface area contributed by atoms with Crippen LogP contribution in [0.3, 0.4) is 0 Å². The smallest absolute Gasteiger partial charge is 0.126 e. The molecule has 1 saturated carbocycles. The Morgan fingerprint density at radius 3 is 2.65 bits per heavy atom. The predicted octanol–water partition coefficient (Wildman–Crippen LogP) is 1.92. The molecule has 0 spiro atoms. The van der Waals surface area contributed by atoms with Crippen LogP contribution in [0.5, 0.6) is 5.75 Å². The number of hydrogen-bond donors (Lipinski definition) is 2. The third kappa shape index (κ3) is 3.85. The van der Waals surface area contributed by atoms with Gasteiger partial charge in [0.05, 0.1) is 6.61 Å². The summed E-state index contributed by atoms with van der Waals surface area (Å²) in [6.07, 6.45) is 2.02. The number of halogens is 1. The standard InChI is InChI=1S/C15H22ClNO3/c1-17(9-10-18)13-3-2-4-14(15(13)19)20-12-7-5-11(16)6-8-12/h5-8,13-15,18-19H,2-4,9-10H2,1H3/t13-,14+,15+/m0/s1. The molecule has 1 aliphatic rings. The maximum absolute atomic E-state index is 10.5. The summed E-state index contributed by atoms with van der Waals surface area (Å²) in [4.78, 5) is 2.00. The molecule has 1 aliphatic carbocycles. The first-order valence-corrected chi connectivity index (χ1v) is 7.41. The summed E-state index contributed by atoms with van der Waals surface area (Å²) in [6, 6.07) is 7.22. The van der Waals surface area contributed by atoms with E-state index >= 15 is 0 Å². The number of aliphatic hydroxyl groups is 2. The van der Waals surface area contributed by atoms with Crippen LogP contribution >= 0.6 is 11.6 Å². The van der Waals surface area contributed by atoms with Gasteiger partial charge in [0.2, 0.25) is 0 Å². The van der Waals surface area contributed by atoms with Gasteiger partial charge in [-0.2, -0.15) is 0 Å². The Morgan fingerprint density at radius 2 is 2.00 bits per heavy atom. The van der Waals surface area contributed by atoms with Crippen molar-refractivity contribution in [3.63, 3.8) is 0 Å². The molecule has 2 rings (SSSR count). The van der Waals surface area contributed by atoms with E-state index in [-0.39, 0.29) is 18.8 Å². The molecule has 0 bridgehead atoms. The Hall–Kier alpha value is -0.810. The largest absolute Gasteiger partial charge is 0.488 e. The Morgan fingerprint density at radius 1 is 1.30 bits per heavy atom. The van der Waals surface area contributed by atoms with Gasteiger partial charge in [-0.3, -0.25) is 4.90 Å². The van der Waals surface area contributed by atoms with Crippen LogP contribution in [0.1, 0.15) is 19.3 Å². The molecule has 1 fully saturated rings. The molecule has 0 unspecified atom stereocenters. The van der Waals surface area contributed by atoms with Gasteiger partial charge in [0.15, 0.2) is 0 Å². The fourth-order valence-electron chi connectivity index (χ4n) is 2.74. The van der Waals surface area contributed by atoms with Crippen molar-refractivity contribution < 1.29 is 14.9 Å². The molecule has 3 atom stereocenters. The van der Waals surface area contributed by atoms with Crippen molar-refractivity contribution in [2.24, 2.45) is 0 Å². The summed E-state index contributed by atoms with van der Waals surface area (Å²) in [7, 11) is 1.93. The van der Waals surface area contributed by atoms with Gasteiger partial charge in [-0.05, 0) is 50.6 Å². The molecule has 4 nitrogen and oxygen atoms in total. The normalized spacial score (nSPS) is 26.8. The highest BCUT2D eigenvalue weighted by atomic mass is 35.5. The van der Waals surface area contributed by atoms with E-state index in [4.69, 9.17) is 21.4 Å². The summed E-state index contributed by atoms with van der Waals surface area (Å²) in [5.74, 6) is 0.726. The molecule has 1 aromatic carbocycles. The Bertz CT molecular complexity index is 412. The molecule has 1 aromatic rings. The van der Waals surface area contributed by atoms with Crippen LogP contribution in [0.25, 0.3) is 0 Å². The van der Waals surface area contributed by atoms with Crippen molar-refractivity contribution in [3.8, 4) is 5.75 Å². The van der Waals surface area contributed by atoms with E-state index in [0.29, 0.717) is 11.6 Å². The summed E-state index contributed by atoms with van der Waals surface area (Å²) in [5.41, 5.74) is 0. The van der Waals surface area contributed by atoms with Gasteiger partial charge in [-0.1, -0.05) is 11.6 Å². The van der Waals surface area contributed by atoms with E-state index in [1.165, 1.54) is 0 Å². The van der Waals surface area contributed by atoms with Gasteiger partial charge in [0.25, 0.3) is 0 Å². The zero-order valence-corrected chi connectivity index (χ0v) is 12.5. The molecule has 0 saturated heterocycles. The maximum atomic E-state index is 10.5. The fraction of sp³-hybridized carbons (Fsp3) is 0.600. The predicted molar refractivity (Wildman–Crippen MR) is 79.2 cm³/mol. The summed E-state index contributed by atoms with van der Waals surface area (Å²) in [5, 5.41) is 20.1. The van der Waals surface area contributed by atoms with Crippen LogP contribution in [-0.4, -0.2) is 53.6 Å². The molecule has 0 aliphatic heterocycles. The van der Waals surface area contributed by atoms with Crippen LogP contribution < -0.4 is 4.74 Å². The third-order valence-electron chi connectivity index (χ3n) is 3.88. The highest BCUT2D eigenvalue weighted by Gasteiger charge is 2.35. The van der Waals surface area contributed by atoms with Gasteiger partial charge < -0.3 is 14.9 Å². The number of rotatable bonds is 5. The second-order valence-electron chi connectivity index (χ2n) is 5.30. The monoisotopic (exact) mass is 299 g/mol. The van der Waals surface area contributed by atoms with Crippen molar-refractivity contribution in [1.29, 1.82) is 0 Å². The number of benzene rings is 1. The molecule has 0 heterocycles. The van der Waals surface area contributed by atoms with Crippen molar-refractivity contribution in [2.75, 3.05) is 20.2 Å². The minimum Gasteiger partial charge on any atom is -0.488 e. The number of ether oxygens (including phenoxy) is 1. The Kier molecular flexibility index (Phi) is 5.66. The average Bonchev–Trinajstić information content (AvgIpc) is 2.44. The first kappa shape index (κ1) is 15.6. The van der Waals surface area contributed by atoms with Crippen LogP contribution in [0, 0.1) is 0 Å². The lowest BCUT2D eigenvalue weighted by Crippen LogP contribution is -2.52. The van der Waals surface area contributed by atoms with Gasteiger partial charge >= 0.3 is 0 Å². The van der Waals surface area contributed by atoms with Gasteiger partial charge in [0.1, 0.15) is 18.0 Å². The van der Waals surface area contributed by atoms with Crippen molar-refractivity contribution in [3.05, 3.63) is 29.3 Å². The van der Waals surface area contributed by atoms with Crippen molar-refractivity contribution in [1.82, 2.24) is 4.90 Å². The lowest BCUT2D eigenvalue weighted by molar-refractivity contribution is -0.0495. The summed E-state index contributed by atoms with van der Waals surface area (Å²) < 4.78 is 5.88. The Labute approximate surface area is 124 Å². The zero-order valence-electron chi connectivity index (χ0n) is 11.7. The van der Waals surface area contributed by atoms with E-state index in [1.54, 1.807) is 12.1 Å². The summed E-state index contributed by atoms with van der Waals surface area (Å²) >= 11 is 5.85. The van der Waals surface area contributed by atoms with Gasteiger partial charge in [0, 0.05) is 17.6 Å². The van der Waals surface area contributed by atoms with E-state index in [9.17, 15) is 5.11 Å². The molecule has 0 radical (unpaired) electrons. The first-order chi connectivity index (χ1) is 9.61. The molecule has 0 aromatic heterocycles. The van der Waals surface area contributed by atoms with Crippen LogP contribution in [0.15, 0.2) is 24.3 Å². The molecule has 5 heteroatoms. The number of hydrogen-bond acceptors (Lipinski definition) is 4. The highest BCUT2D eigenvalue weighted by molar-refractivity contribution is 6.30. The van der Waals surface area contributed by atoms with E-state index in [2.05, 4.69) is 0 Å². The van der Waals surface area contributed by atoms with Crippen LogP contribution in [0.4, 0.5) is 0 Å². The van der Waals surface area contributed by atoms with E-state index < -0.39 is 6.10 Å². The number of nitrogens with zero attached hydrogens (tertiary/aromatic N) is 1. The number of aliphatic hydroxyl groups excluding tert-OH is 2. The average molecular weight is 300 g/mol. The SMILES string of the molecule is CN(CCO)[C@H]1CCC[C@@H](Oc2ccc(Cl)cc2)[C@@H]1O. The van der Waals surface area contributed by atoms with E-state index in [0.717, 1.165) is 25.0 Å². The van der Waals surface area contributed by atoms with Crippen LogP contribution in [0.2, 0.25) is 5.02 Å². The third-order valence-corrected chi connectivity index (χ3v) is 4.14. The van der Waals surface area contributed by atoms with E-state index in [1.807, 2.05) is 24.1 Å². The lowest BCUT2D eigenvalue weighted by Gasteiger charge is -2.39. The first-order valence-electron chi connectivity index (χ1n) is 7.03. The molecular weight excluding hydrogens is 278 g/mol. The zero-order chi connectivity index (χ0) is 14.5. The summed E-state index contributed by atoms with van der Waals surface area (Å²) in [6.45, 7) is 0.665.